The third-order valence-electron chi connectivity index (χ3n) is 1.76. The van der Waals surface area contributed by atoms with E-state index in [0.29, 0.717) is 11.3 Å². The van der Waals surface area contributed by atoms with E-state index in [2.05, 4.69) is 29.6 Å². The predicted molar refractivity (Wildman–Crippen MR) is 65.2 cm³/mol. The lowest BCUT2D eigenvalue weighted by molar-refractivity contribution is -0.385. The summed E-state index contributed by atoms with van der Waals surface area (Å²) in [7, 11) is 0. The molecule has 0 atom stereocenters. The molecule has 0 amide bonds. The highest BCUT2D eigenvalue weighted by Gasteiger charge is 2.14. The monoisotopic (exact) mass is 238 g/mol. The fourth-order valence-corrected chi connectivity index (χ4v) is 1.14. The van der Waals surface area contributed by atoms with Gasteiger partial charge >= 0.3 is 0 Å². The molecule has 0 heterocycles. The van der Waals surface area contributed by atoms with Crippen molar-refractivity contribution in [3.05, 3.63) is 46.5 Å². The Morgan fingerprint density at radius 2 is 2.06 bits per heavy atom. The van der Waals surface area contributed by atoms with Gasteiger partial charge in [0.15, 0.2) is 5.11 Å². The molecular weight excluding hydrogens is 228 g/mol. The topological polar surface area (TPSA) is 93.2 Å². The molecule has 0 radical (unpaired) electrons. The first-order chi connectivity index (χ1) is 7.52. The van der Waals surface area contributed by atoms with Crippen molar-refractivity contribution in [2.75, 3.05) is 0 Å². The number of nitrogens with two attached hydrogens (primary N) is 1. The van der Waals surface area contributed by atoms with E-state index in [-0.39, 0.29) is 10.8 Å². The Balaban J connectivity index is 2.90. The summed E-state index contributed by atoms with van der Waals surface area (Å²) in [4.78, 5) is 10.2. The highest BCUT2D eigenvalue weighted by Crippen LogP contribution is 2.22. The van der Waals surface area contributed by atoms with Crippen molar-refractivity contribution < 1.29 is 4.92 Å². The second-order valence-corrected chi connectivity index (χ2v) is 3.31. The van der Waals surface area contributed by atoms with E-state index in [4.69, 9.17) is 5.73 Å². The van der Waals surface area contributed by atoms with Crippen LogP contribution in [0.15, 0.2) is 30.8 Å². The van der Waals surface area contributed by atoms with Crippen LogP contribution >= 0.6 is 12.2 Å². The number of nitro benzene ring substituents is 1. The molecule has 0 aromatic heterocycles. The molecule has 0 aliphatic heterocycles. The van der Waals surface area contributed by atoms with Gasteiger partial charge in [0.25, 0.3) is 5.69 Å². The lowest BCUT2D eigenvalue weighted by atomic mass is 10.1. The smallest absolute Gasteiger partial charge is 0.278 e. The second kappa shape index (κ2) is 5.08. The molecule has 6 nitrogen and oxygen atoms in total. The first-order valence-corrected chi connectivity index (χ1v) is 4.67. The molecule has 84 valence electrons. The van der Waals surface area contributed by atoms with Crippen LogP contribution in [0, 0.1) is 10.1 Å². The van der Waals surface area contributed by atoms with E-state index in [1.165, 1.54) is 6.07 Å². The number of para-hydroxylation sites is 1. The number of hydrogen-bond donors (Lipinski definition) is 3. The van der Waals surface area contributed by atoms with E-state index in [0.717, 1.165) is 0 Å². The van der Waals surface area contributed by atoms with Gasteiger partial charge in [-0.15, -0.1) is 0 Å². The number of hydrazine groups is 1. The molecule has 0 fully saturated rings. The van der Waals surface area contributed by atoms with E-state index in [1.54, 1.807) is 18.2 Å². The predicted octanol–water partition coefficient (Wildman–Crippen LogP) is 0.903. The summed E-state index contributed by atoms with van der Waals surface area (Å²) in [5.41, 5.74) is 10.9. The van der Waals surface area contributed by atoms with Crippen LogP contribution in [0.25, 0.3) is 5.70 Å². The SMILES string of the molecule is C=C(NNC(N)=S)c1ccccc1[N+](=O)[O-]. The molecule has 0 bridgehead atoms. The second-order valence-electron chi connectivity index (χ2n) is 2.87. The van der Waals surface area contributed by atoms with Gasteiger partial charge in [-0.25, -0.2) is 0 Å². The molecule has 1 aromatic carbocycles. The Hall–Kier alpha value is -2.15. The summed E-state index contributed by atoms with van der Waals surface area (Å²) in [5.74, 6) is 0. The van der Waals surface area contributed by atoms with E-state index in [1.807, 2.05) is 0 Å². The Morgan fingerprint density at radius 3 is 2.62 bits per heavy atom. The maximum absolute atomic E-state index is 10.7. The first-order valence-electron chi connectivity index (χ1n) is 4.26. The van der Waals surface area contributed by atoms with E-state index < -0.39 is 4.92 Å². The Kier molecular flexibility index (Phi) is 3.78. The number of thiocarbonyl (C=S) groups is 1. The van der Waals surface area contributed by atoms with Crippen LogP contribution in [0.4, 0.5) is 5.69 Å². The van der Waals surface area contributed by atoms with Gasteiger partial charge in [0, 0.05) is 6.07 Å². The third-order valence-corrected chi connectivity index (χ3v) is 1.86. The minimum Gasteiger partial charge on any atom is -0.375 e. The number of rotatable bonds is 4. The number of benzene rings is 1. The highest BCUT2D eigenvalue weighted by atomic mass is 32.1. The highest BCUT2D eigenvalue weighted by molar-refractivity contribution is 7.80. The largest absolute Gasteiger partial charge is 0.375 e. The summed E-state index contributed by atoms with van der Waals surface area (Å²) in [6.45, 7) is 3.65. The Morgan fingerprint density at radius 1 is 1.44 bits per heavy atom. The summed E-state index contributed by atoms with van der Waals surface area (Å²) in [6.07, 6.45) is 0. The lowest BCUT2D eigenvalue weighted by Gasteiger charge is -2.10. The summed E-state index contributed by atoms with van der Waals surface area (Å²) >= 11 is 4.58. The minimum absolute atomic E-state index is 0.0275. The van der Waals surface area contributed by atoms with Crippen molar-refractivity contribution in [1.82, 2.24) is 10.9 Å². The average Bonchev–Trinajstić information content (AvgIpc) is 2.25. The molecule has 0 unspecified atom stereocenters. The van der Waals surface area contributed by atoms with Gasteiger partial charge < -0.3 is 5.73 Å². The summed E-state index contributed by atoms with van der Waals surface area (Å²) < 4.78 is 0. The van der Waals surface area contributed by atoms with Gasteiger partial charge in [0.05, 0.1) is 16.2 Å². The van der Waals surface area contributed by atoms with Crippen molar-refractivity contribution in [3.8, 4) is 0 Å². The van der Waals surface area contributed by atoms with E-state index >= 15 is 0 Å². The molecule has 0 spiro atoms. The first kappa shape index (κ1) is 11.9. The van der Waals surface area contributed by atoms with Crippen molar-refractivity contribution >= 4 is 28.7 Å². The van der Waals surface area contributed by atoms with Crippen LogP contribution in [0.5, 0.6) is 0 Å². The van der Waals surface area contributed by atoms with Crippen molar-refractivity contribution in [3.63, 3.8) is 0 Å². The molecule has 0 aliphatic rings. The van der Waals surface area contributed by atoms with Crippen LogP contribution < -0.4 is 16.6 Å². The van der Waals surface area contributed by atoms with Gasteiger partial charge in [-0.3, -0.25) is 21.0 Å². The minimum atomic E-state index is -0.483. The van der Waals surface area contributed by atoms with Crippen LogP contribution in [-0.2, 0) is 0 Å². The molecule has 1 rings (SSSR count). The zero-order valence-corrected chi connectivity index (χ0v) is 9.08. The Bertz CT molecular complexity index is 447. The molecule has 7 heteroatoms. The number of nitrogens with one attached hydrogen (secondary N) is 2. The normalized spacial score (nSPS) is 9.25. The fourth-order valence-electron chi connectivity index (χ4n) is 1.09. The Labute approximate surface area is 97.3 Å². The van der Waals surface area contributed by atoms with Crippen LogP contribution in [-0.4, -0.2) is 10.0 Å². The maximum atomic E-state index is 10.7. The van der Waals surface area contributed by atoms with Crippen molar-refractivity contribution in [2.45, 2.75) is 0 Å². The standard InChI is InChI=1S/C9H10N4O2S/c1-6(11-12-9(10)16)7-4-2-3-5-8(7)13(14)15/h2-5,11H,1H2,(H3,10,12,16). The molecule has 0 aliphatic carbocycles. The third kappa shape index (κ3) is 2.92. The molecular formula is C9H10N4O2S. The molecule has 0 saturated heterocycles. The van der Waals surface area contributed by atoms with Crippen LogP contribution in [0.3, 0.4) is 0 Å². The molecule has 1 aromatic rings. The van der Waals surface area contributed by atoms with Gasteiger partial charge in [-0.1, -0.05) is 18.7 Å². The lowest BCUT2D eigenvalue weighted by Crippen LogP contribution is -2.39. The number of nitro groups is 1. The average molecular weight is 238 g/mol. The van der Waals surface area contributed by atoms with Gasteiger partial charge in [0.1, 0.15) is 0 Å². The zero-order valence-electron chi connectivity index (χ0n) is 8.27. The van der Waals surface area contributed by atoms with Gasteiger partial charge in [-0.05, 0) is 18.3 Å². The van der Waals surface area contributed by atoms with Gasteiger partial charge in [0.2, 0.25) is 0 Å². The molecule has 16 heavy (non-hydrogen) atoms. The fraction of sp³-hybridized carbons (Fsp3) is 0. The molecule has 4 N–H and O–H groups in total. The number of hydrogen-bond acceptors (Lipinski definition) is 4. The molecule has 0 saturated carbocycles. The van der Waals surface area contributed by atoms with Crippen molar-refractivity contribution in [2.24, 2.45) is 5.73 Å². The van der Waals surface area contributed by atoms with Crippen LogP contribution in [0.2, 0.25) is 0 Å². The quantitative estimate of drug-likeness (QED) is 0.410. The van der Waals surface area contributed by atoms with Gasteiger partial charge in [-0.2, -0.15) is 0 Å². The zero-order chi connectivity index (χ0) is 12.1. The number of nitrogens with zero attached hydrogens (tertiary/aromatic N) is 1. The maximum Gasteiger partial charge on any atom is 0.278 e. The summed E-state index contributed by atoms with van der Waals surface area (Å²) in [6, 6.07) is 6.23. The summed E-state index contributed by atoms with van der Waals surface area (Å²) in [5, 5.41) is 10.8. The van der Waals surface area contributed by atoms with Crippen LogP contribution in [0.1, 0.15) is 5.56 Å². The van der Waals surface area contributed by atoms with E-state index in [9.17, 15) is 10.1 Å². The van der Waals surface area contributed by atoms with Crippen molar-refractivity contribution in [1.29, 1.82) is 0 Å².